The van der Waals surface area contributed by atoms with E-state index >= 15 is 0 Å². The lowest BCUT2D eigenvalue weighted by Gasteiger charge is -2.50. The molecule has 2 aliphatic heterocycles. The van der Waals surface area contributed by atoms with Crippen LogP contribution in [0.2, 0.25) is 0 Å². The first-order valence-electron chi connectivity index (χ1n) is 8.73. The van der Waals surface area contributed by atoms with Gasteiger partial charge in [-0.3, -0.25) is 4.90 Å². The number of thiazole rings is 1. The number of hydrogen-bond donors (Lipinski definition) is 1. The normalized spacial score (nSPS) is 26.8. The van der Waals surface area contributed by atoms with Gasteiger partial charge >= 0.3 is 0 Å². The summed E-state index contributed by atoms with van der Waals surface area (Å²) in [6, 6.07) is 0. The summed E-state index contributed by atoms with van der Waals surface area (Å²) < 4.78 is 32.7. The molecule has 0 aromatic carbocycles. The first-order chi connectivity index (χ1) is 11.5. The molecule has 0 unspecified atom stereocenters. The van der Waals surface area contributed by atoms with Crippen molar-refractivity contribution in [1.82, 2.24) is 14.6 Å². The first kappa shape index (κ1) is 16.9. The summed E-state index contributed by atoms with van der Waals surface area (Å²) >= 11 is 1.71. The first-order valence-corrected chi connectivity index (χ1v) is 11.2. The molecule has 2 saturated heterocycles. The van der Waals surface area contributed by atoms with Gasteiger partial charge in [0.1, 0.15) is 5.01 Å². The van der Waals surface area contributed by atoms with Crippen LogP contribution in [0, 0.1) is 12.8 Å². The molecule has 0 bridgehead atoms. The molecule has 1 aromatic heterocycles. The Morgan fingerprint density at radius 1 is 1.42 bits per heavy atom. The van der Waals surface area contributed by atoms with Crippen molar-refractivity contribution in [3.63, 3.8) is 0 Å². The molecule has 3 fully saturated rings. The SMILES string of the molecule is Cc1csc(CN2CC3(C2)OCC[C@@H]3CCNS(=O)(=O)C2CC2)n1. The fourth-order valence-electron chi connectivity index (χ4n) is 3.90. The van der Waals surface area contributed by atoms with Crippen LogP contribution in [-0.4, -0.2) is 55.4 Å². The molecular formula is C16H25N3O3S2. The summed E-state index contributed by atoms with van der Waals surface area (Å²) in [4.78, 5) is 6.90. The molecule has 3 heterocycles. The molecule has 24 heavy (non-hydrogen) atoms. The fourth-order valence-corrected chi connectivity index (χ4v) is 6.11. The Bertz CT molecular complexity index is 693. The zero-order valence-electron chi connectivity index (χ0n) is 14.0. The Morgan fingerprint density at radius 2 is 2.21 bits per heavy atom. The van der Waals surface area contributed by atoms with Crippen LogP contribution in [0.5, 0.6) is 0 Å². The van der Waals surface area contributed by atoms with Crippen LogP contribution in [0.3, 0.4) is 0 Å². The summed E-state index contributed by atoms with van der Waals surface area (Å²) in [6.07, 6.45) is 3.54. The maximum absolute atomic E-state index is 11.9. The minimum absolute atomic E-state index is 0.0582. The molecule has 134 valence electrons. The number of sulfonamides is 1. The molecule has 3 aliphatic rings. The Kier molecular flexibility index (Phi) is 4.45. The van der Waals surface area contributed by atoms with E-state index in [1.807, 2.05) is 6.92 Å². The fraction of sp³-hybridized carbons (Fsp3) is 0.812. The molecule has 1 N–H and O–H groups in total. The highest BCUT2D eigenvalue weighted by Crippen LogP contribution is 2.42. The van der Waals surface area contributed by atoms with E-state index < -0.39 is 10.0 Å². The molecule has 1 saturated carbocycles. The third-order valence-electron chi connectivity index (χ3n) is 5.37. The molecule has 1 atom stereocenters. The molecule has 1 aliphatic carbocycles. The Labute approximate surface area is 147 Å². The minimum atomic E-state index is -3.06. The molecule has 8 heteroatoms. The summed E-state index contributed by atoms with van der Waals surface area (Å²) in [7, 11) is -3.06. The van der Waals surface area contributed by atoms with E-state index in [9.17, 15) is 8.42 Å². The van der Waals surface area contributed by atoms with Gasteiger partial charge in [0.05, 0.1) is 17.4 Å². The van der Waals surface area contributed by atoms with E-state index in [0.29, 0.717) is 12.5 Å². The van der Waals surface area contributed by atoms with E-state index in [1.54, 1.807) is 11.3 Å². The lowest BCUT2D eigenvalue weighted by molar-refractivity contribution is -0.136. The Hall–Kier alpha value is -0.540. The van der Waals surface area contributed by atoms with Crippen LogP contribution in [0.4, 0.5) is 0 Å². The number of nitrogens with one attached hydrogen (secondary N) is 1. The van der Waals surface area contributed by atoms with Gasteiger partial charge in [0, 0.05) is 37.3 Å². The summed E-state index contributed by atoms with van der Waals surface area (Å²) in [6.45, 7) is 6.13. The second kappa shape index (κ2) is 6.32. The Balaban J connectivity index is 1.26. The monoisotopic (exact) mass is 371 g/mol. The number of nitrogens with zero attached hydrogens (tertiary/aromatic N) is 2. The van der Waals surface area contributed by atoms with Crippen LogP contribution >= 0.6 is 11.3 Å². The molecule has 4 rings (SSSR count). The van der Waals surface area contributed by atoms with E-state index in [1.165, 1.54) is 0 Å². The maximum Gasteiger partial charge on any atom is 0.214 e. The predicted molar refractivity (Wildman–Crippen MR) is 93.5 cm³/mol. The van der Waals surface area contributed by atoms with Crippen LogP contribution in [0.25, 0.3) is 0 Å². The van der Waals surface area contributed by atoms with Gasteiger partial charge in [-0.1, -0.05) is 0 Å². The van der Waals surface area contributed by atoms with Crippen LogP contribution in [0.1, 0.15) is 36.4 Å². The third-order valence-corrected chi connectivity index (χ3v) is 8.27. The van der Waals surface area contributed by atoms with Crippen molar-refractivity contribution in [2.24, 2.45) is 5.92 Å². The van der Waals surface area contributed by atoms with Crippen molar-refractivity contribution in [3.05, 3.63) is 16.1 Å². The van der Waals surface area contributed by atoms with Crippen molar-refractivity contribution in [3.8, 4) is 0 Å². The average Bonchev–Trinajstić information content (AvgIpc) is 3.17. The highest BCUT2D eigenvalue weighted by molar-refractivity contribution is 7.90. The largest absolute Gasteiger partial charge is 0.372 e. The highest BCUT2D eigenvalue weighted by atomic mass is 32.2. The quantitative estimate of drug-likeness (QED) is 0.787. The second-order valence-electron chi connectivity index (χ2n) is 7.35. The number of rotatable bonds is 7. The minimum Gasteiger partial charge on any atom is -0.372 e. The van der Waals surface area contributed by atoms with Gasteiger partial charge in [-0.25, -0.2) is 18.1 Å². The van der Waals surface area contributed by atoms with Crippen molar-refractivity contribution < 1.29 is 13.2 Å². The van der Waals surface area contributed by atoms with Gasteiger partial charge in [-0.2, -0.15) is 0 Å². The van der Waals surface area contributed by atoms with Crippen molar-refractivity contribution >= 4 is 21.4 Å². The lowest BCUT2D eigenvalue weighted by Crippen LogP contribution is -2.64. The number of likely N-dealkylation sites (tertiary alicyclic amines) is 1. The Morgan fingerprint density at radius 3 is 2.88 bits per heavy atom. The van der Waals surface area contributed by atoms with Gasteiger partial charge in [0.15, 0.2) is 0 Å². The van der Waals surface area contributed by atoms with E-state index in [0.717, 1.165) is 62.6 Å². The number of hydrogen-bond acceptors (Lipinski definition) is 6. The molecule has 0 amide bonds. The van der Waals surface area contributed by atoms with Crippen LogP contribution in [0.15, 0.2) is 5.38 Å². The third kappa shape index (κ3) is 3.39. The zero-order chi connectivity index (χ0) is 16.8. The highest BCUT2D eigenvalue weighted by Gasteiger charge is 2.52. The maximum atomic E-state index is 11.9. The van der Waals surface area contributed by atoms with Gasteiger partial charge in [-0.15, -0.1) is 11.3 Å². The number of ether oxygens (including phenoxy) is 1. The molecule has 6 nitrogen and oxygen atoms in total. The number of aryl methyl sites for hydroxylation is 1. The predicted octanol–water partition coefficient (Wildman–Crippen LogP) is 1.51. The van der Waals surface area contributed by atoms with Gasteiger partial charge in [0.25, 0.3) is 0 Å². The van der Waals surface area contributed by atoms with Crippen LogP contribution < -0.4 is 4.72 Å². The standard InChI is InChI=1S/C16H25N3O3S2/c1-12-9-23-15(18-12)8-19-10-16(11-19)13(5-7-22-16)4-6-17-24(20,21)14-2-3-14/h9,13-14,17H,2-8,10-11H2,1H3/t13-/m0/s1. The molecule has 1 aromatic rings. The lowest BCUT2D eigenvalue weighted by atomic mass is 9.79. The van der Waals surface area contributed by atoms with Crippen molar-refractivity contribution in [2.75, 3.05) is 26.2 Å². The van der Waals surface area contributed by atoms with Gasteiger partial charge < -0.3 is 4.74 Å². The van der Waals surface area contributed by atoms with E-state index in [-0.39, 0.29) is 10.9 Å². The molecular weight excluding hydrogens is 346 g/mol. The van der Waals surface area contributed by atoms with Crippen molar-refractivity contribution in [1.29, 1.82) is 0 Å². The second-order valence-corrected chi connectivity index (χ2v) is 10.3. The number of aromatic nitrogens is 1. The smallest absolute Gasteiger partial charge is 0.214 e. The molecule has 0 radical (unpaired) electrons. The zero-order valence-corrected chi connectivity index (χ0v) is 15.7. The summed E-state index contributed by atoms with van der Waals surface area (Å²) in [5.74, 6) is 0.452. The van der Waals surface area contributed by atoms with E-state index in [2.05, 4.69) is 20.0 Å². The topological polar surface area (TPSA) is 71.5 Å². The van der Waals surface area contributed by atoms with E-state index in [4.69, 9.17) is 4.74 Å². The van der Waals surface area contributed by atoms with Crippen LogP contribution in [-0.2, 0) is 21.3 Å². The molecule has 1 spiro atoms. The average molecular weight is 372 g/mol. The summed E-state index contributed by atoms with van der Waals surface area (Å²) in [5, 5.41) is 3.12. The van der Waals surface area contributed by atoms with Crippen molar-refractivity contribution in [2.45, 2.75) is 50.0 Å². The van der Waals surface area contributed by atoms with Gasteiger partial charge in [-0.05, 0) is 38.5 Å². The summed E-state index contributed by atoms with van der Waals surface area (Å²) in [5.41, 5.74) is 1.03. The van der Waals surface area contributed by atoms with Gasteiger partial charge in [0.2, 0.25) is 10.0 Å².